The Hall–Kier alpha value is -3.91. The monoisotopic (exact) mass is 586 g/mol. The summed E-state index contributed by atoms with van der Waals surface area (Å²) >= 11 is 4.61. The van der Waals surface area contributed by atoms with Crippen LogP contribution in [0, 0.1) is 0 Å². The Morgan fingerprint density at radius 1 is 0.487 bits per heavy atom. The van der Waals surface area contributed by atoms with Crippen molar-refractivity contribution in [2.45, 2.75) is 6.16 Å². The molecule has 0 amide bonds. The van der Waals surface area contributed by atoms with Crippen molar-refractivity contribution in [1.29, 1.82) is 0 Å². The van der Waals surface area contributed by atoms with Crippen LogP contribution in [0.5, 0.6) is 0 Å². The molecule has 4 heteroatoms. The zero-order chi connectivity index (χ0) is 26.6. The van der Waals surface area contributed by atoms with E-state index in [1.807, 2.05) is 30.5 Å². The van der Waals surface area contributed by atoms with Gasteiger partial charge >= 0.3 is 239 Å². The molecule has 0 aliphatic rings. The second-order valence-electron chi connectivity index (χ2n) is 9.67. The number of benzene rings is 4. The van der Waals surface area contributed by atoms with Gasteiger partial charge in [0, 0.05) is 0 Å². The predicted molar refractivity (Wildman–Crippen MR) is 171 cm³/mol. The normalized spacial score (nSPS) is 12.4. The third-order valence-electron chi connectivity index (χ3n) is 7.25. The zero-order valence-electron chi connectivity index (χ0n) is 21.4. The summed E-state index contributed by atoms with van der Waals surface area (Å²) in [6.45, 7) is 0. The molecule has 0 atom stereocenters. The molecular formula is C35H28BrN2P. The molecular weight excluding hydrogens is 559 g/mol. The summed E-state index contributed by atoms with van der Waals surface area (Å²) in [4.78, 5) is 9.73. The Bertz CT molecular complexity index is 1520. The second-order valence-corrected chi connectivity index (χ2v) is 18.6. The summed E-state index contributed by atoms with van der Waals surface area (Å²) in [5.74, 6) is 0. The standard InChI is InChI=1S/C35H28BrN2P/c36-39(30-17-7-2-8-18-30,31-19-9-3-10-20-31,32-21-11-4-12-22-32)27-28-25-34(29-15-5-1-6-16-29)38-35(26-28)33-23-13-14-24-37-33/h1-26H,27H2. The van der Waals surface area contributed by atoms with Crippen molar-refractivity contribution < 1.29 is 0 Å². The molecule has 6 rings (SSSR count). The second kappa shape index (κ2) is 10.7. The van der Waals surface area contributed by atoms with Crippen molar-refractivity contribution in [1.82, 2.24) is 9.97 Å². The maximum absolute atomic E-state index is 5.08. The Morgan fingerprint density at radius 2 is 0.949 bits per heavy atom. The number of hydrogen-bond donors (Lipinski definition) is 0. The first-order valence-electron chi connectivity index (χ1n) is 13.0. The van der Waals surface area contributed by atoms with Crippen LogP contribution in [0.2, 0.25) is 0 Å². The van der Waals surface area contributed by atoms with E-state index in [0.29, 0.717) is 0 Å². The molecule has 2 heterocycles. The molecule has 2 aromatic heterocycles. The van der Waals surface area contributed by atoms with Crippen LogP contribution >= 0.6 is 20.8 Å². The van der Waals surface area contributed by atoms with Crippen LogP contribution in [-0.4, -0.2) is 9.97 Å². The van der Waals surface area contributed by atoms with E-state index in [0.717, 1.165) is 28.8 Å². The van der Waals surface area contributed by atoms with Gasteiger partial charge in [-0.1, -0.05) is 0 Å². The molecule has 0 radical (unpaired) electrons. The van der Waals surface area contributed by atoms with E-state index < -0.39 is 5.31 Å². The maximum atomic E-state index is 5.08. The molecule has 2 nitrogen and oxygen atoms in total. The van der Waals surface area contributed by atoms with Crippen LogP contribution in [-0.2, 0) is 6.16 Å². The summed E-state index contributed by atoms with van der Waals surface area (Å²) in [7, 11) is 0. The quantitative estimate of drug-likeness (QED) is 0.176. The van der Waals surface area contributed by atoms with E-state index in [1.54, 1.807) is 0 Å². The first kappa shape index (κ1) is 25.4. The molecule has 0 unspecified atom stereocenters. The molecule has 0 aliphatic heterocycles. The molecule has 190 valence electrons. The van der Waals surface area contributed by atoms with Crippen molar-refractivity contribution in [2.24, 2.45) is 0 Å². The van der Waals surface area contributed by atoms with Gasteiger partial charge in [0.15, 0.2) is 0 Å². The van der Waals surface area contributed by atoms with Crippen LogP contribution in [0.3, 0.4) is 0 Å². The molecule has 0 aliphatic carbocycles. The van der Waals surface area contributed by atoms with Crippen LogP contribution in [0.1, 0.15) is 5.56 Å². The van der Waals surface area contributed by atoms with Gasteiger partial charge in [-0.25, -0.2) is 0 Å². The summed E-state index contributed by atoms with van der Waals surface area (Å²) in [5, 5.41) is 0.697. The third kappa shape index (κ3) is 4.74. The van der Waals surface area contributed by atoms with E-state index in [1.165, 1.54) is 21.5 Å². The summed E-state index contributed by atoms with van der Waals surface area (Å²) in [5.41, 5.74) is 4.98. The fourth-order valence-electron chi connectivity index (χ4n) is 5.36. The zero-order valence-corrected chi connectivity index (χ0v) is 23.9. The van der Waals surface area contributed by atoms with Crippen molar-refractivity contribution in [3.05, 3.63) is 163 Å². The Labute approximate surface area is 238 Å². The molecule has 0 spiro atoms. The van der Waals surface area contributed by atoms with Gasteiger partial charge < -0.3 is 0 Å². The molecule has 0 saturated carbocycles. The van der Waals surface area contributed by atoms with Gasteiger partial charge in [0.2, 0.25) is 0 Å². The third-order valence-corrected chi connectivity index (χ3v) is 16.8. The van der Waals surface area contributed by atoms with Crippen LogP contribution in [0.15, 0.2) is 158 Å². The van der Waals surface area contributed by atoms with E-state index in [9.17, 15) is 0 Å². The summed E-state index contributed by atoms with van der Waals surface area (Å²) in [6, 6.07) is 53.6. The number of pyridine rings is 2. The average Bonchev–Trinajstić information content (AvgIpc) is 3.03. The topological polar surface area (TPSA) is 25.8 Å². The first-order chi connectivity index (χ1) is 19.1. The van der Waals surface area contributed by atoms with E-state index >= 15 is 0 Å². The Kier molecular flexibility index (Phi) is 6.95. The minimum absolute atomic E-state index is 0.784. The minimum atomic E-state index is -3.17. The van der Waals surface area contributed by atoms with Crippen molar-refractivity contribution in [2.75, 3.05) is 0 Å². The molecule has 0 N–H and O–H groups in total. The van der Waals surface area contributed by atoms with Crippen LogP contribution in [0.25, 0.3) is 22.6 Å². The van der Waals surface area contributed by atoms with E-state index in [-0.39, 0.29) is 0 Å². The molecule has 4 aromatic carbocycles. The van der Waals surface area contributed by atoms with Gasteiger partial charge in [0.05, 0.1) is 0 Å². The number of hydrogen-bond acceptors (Lipinski definition) is 2. The molecule has 0 saturated heterocycles. The van der Waals surface area contributed by atoms with Crippen molar-refractivity contribution in [3.63, 3.8) is 0 Å². The van der Waals surface area contributed by atoms with Crippen molar-refractivity contribution >= 4 is 36.7 Å². The van der Waals surface area contributed by atoms with Gasteiger partial charge in [-0.2, -0.15) is 0 Å². The fourth-order valence-corrected chi connectivity index (χ4v) is 13.0. The van der Waals surface area contributed by atoms with Crippen molar-refractivity contribution in [3.8, 4) is 22.6 Å². The van der Waals surface area contributed by atoms with Crippen LogP contribution < -0.4 is 15.9 Å². The van der Waals surface area contributed by atoms with Gasteiger partial charge in [0.25, 0.3) is 0 Å². The fraction of sp³-hybridized carbons (Fsp3) is 0.0286. The Morgan fingerprint density at radius 3 is 1.44 bits per heavy atom. The SMILES string of the molecule is BrP(Cc1cc(-c2ccccc2)nc(-c2ccccn2)c1)(c1ccccc1)(c1ccccc1)c1ccccc1. The molecule has 0 bridgehead atoms. The number of nitrogens with zero attached hydrogens (tertiary/aromatic N) is 2. The number of aromatic nitrogens is 2. The van der Waals surface area contributed by atoms with Gasteiger partial charge in [-0.3, -0.25) is 0 Å². The van der Waals surface area contributed by atoms with Crippen LogP contribution in [0.4, 0.5) is 0 Å². The Balaban J connectivity index is 1.65. The molecule has 0 fully saturated rings. The van der Waals surface area contributed by atoms with Gasteiger partial charge in [-0.05, 0) is 0 Å². The average molecular weight is 588 g/mol. The number of rotatable bonds is 7. The van der Waals surface area contributed by atoms with Gasteiger partial charge in [-0.15, -0.1) is 0 Å². The number of halogens is 1. The van der Waals surface area contributed by atoms with E-state index in [2.05, 4.69) is 148 Å². The summed E-state index contributed by atoms with van der Waals surface area (Å²) in [6.07, 6.45) is 2.61. The predicted octanol–water partition coefficient (Wildman–Crippen LogP) is 8.15. The molecule has 39 heavy (non-hydrogen) atoms. The molecule has 6 aromatic rings. The first-order valence-corrected chi connectivity index (χ1v) is 17.5. The van der Waals surface area contributed by atoms with E-state index in [4.69, 9.17) is 4.98 Å². The van der Waals surface area contributed by atoms with Gasteiger partial charge in [0.1, 0.15) is 0 Å². The summed E-state index contributed by atoms with van der Waals surface area (Å²) < 4.78 is 0.